The number of anilines is 1. The number of halogens is 1. The Hall–Kier alpha value is -3.32. The summed E-state index contributed by atoms with van der Waals surface area (Å²) in [5.74, 6) is -0.121. The van der Waals surface area contributed by atoms with Crippen LogP contribution in [0.5, 0.6) is 5.75 Å². The highest BCUT2D eigenvalue weighted by molar-refractivity contribution is 6.32. The minimum atomic E-state index is -0.533. The largest absolute Gasteiger partial charge is 0.506 e. The normalized spacial score (nSPS) is 17.9. The number of nitrogens with one attached hydrogen (secondary N) is 2. The third kappa shape index (κ3) is 6.57. The highest BCUT2D eigenvalue weighted by Gasteiger charge is 2.27. The molecule has 2 aromatic carbocycles. The first kappa shape index (κ1) is 27.7. The molecule has 1 heterocycles. The SMILES string of the molecule is CC(C)C(=O)c1cnc2ccc(-c3ccc(O)c(Cl)c3)cc2c1NC1CCC(NC(=O)OC(C)(C)C)CC1. The van der Waals surface area contributed by atoms with Crippen molar-refractivity contribution in [3.05, 3.63) is 53.2 Å². The van der Waals surface area contributed by atoms with Crippen LogP contribution in [-0.4, -0.2) is 39.7 Å². The molecule has 0 bridgehead atoms. The first-order valence-corrected chi connectivity index (χ1v) is 13.5. The van der Waals surface area contributed by atoms with Crippen molar-refractivity contribution in [3.63, 3.8) is 0 Å². The Balaban J connectivity index is 1.61. The lowest BCUT2D eigenvalue weighted by atomic mass is 9.90. The molecule has 1 amide bonds. The lowest BCUT2D eigenvalue weighted by Crippen LogP contribution is -2.42. The molecule has 0 aliphatic heterocycles. The number of aromatic nitrogens is 1. The number of ether oxygens (including phenoxy) is 1. The minimum Gasteiger partial charge on any atom is -0.506 e. The monoisotopic (exact) mass is 537 g/mol. The fourth-order valence-electron chi connectivity index (χ4n) is 4.77. The number of phenolic OH excluding ortho intramolecular Hbond substituents is 1. The van der Waals surface area contributed by atoms with Crippen LogP contribution in [0.25, 0.3) is 22.0 Å². The number of alkyl carbamates (subject to hydrolysis) is 1. The van der Waals surface area contributed by atoms with Crippen LogP contribution >= 0.6 is 11.6 Å². The summed E-state index contributed by atoms with van der Waals surface area (Å²) in [6.07, 6.45) is 4.58. The minimum absolute atomic E-state index is 0.0280. The third-order valence-corrected chi connectivity index (χ3v) is 7.04. The fourth-order valence-corrected chi connectivity index (χ4v) is 4.95. The van der Waals surface area contributed by atoms with E-state index in [1.165, 1.54) is 0 Å². The number of nitrogens with zero attached hydrogens (tertiary/aromatic N) is 1. The molecule has 8 heteroatoms. The Bertz CT molecular complexity index is 1340. The second-order valence-corrected chi connectivity index (χ2v) is 11.7. The number of carbonyl (C=O) groups excluding carboxylic acids is 2. The number of rotatable bonds is 6. The van der Waals surface area contributed by atoms with Gasteiger partial charge in [0.15, 0.2) is 5.78 Å². The Morgan fingerprint density at radius 2 is 1.66 bits per heavy atom. The van der Waals surface area contributed by atoms with E-state index in [1.54, 1.807) is 18.3 Å². The van der Waals surface area contributed by atoms with Crippen molar-refractivity contribution in [1.82, 2.24) is 10.3 Å². The van der Waals surface area contributed by atoms with Crippen LogP contribution in [-0.2, 0) is 4.74 Å². The van der Waals surface area contributed by atoms with Crippen molar-refractivity contribution in [3.8, 4) is 16.9 Å². The topological polar surface area (TPSA) is 101 Å². The first-order valence-electron chi connectivity index (χ1n) is 13.1. The van der Waals surface area contributed by atoms with Gasteiger partial charge in [-0.1, -0.05) is 37.6 Å². The van der Waals surface area contributed by atoms with Crippen molar-refractivity contribution in [2.24, 2.45) is 5.92 Å². The molecule has 0 spiro atoms. The van der Waals surface area contributed by atoms with Gasteiger partial charge in [-0.25, -0.2) is 4.79 Å². The highest BCUT2D eigenvalue weighted by atomic mass is 35.5. The Kier molecular flexibility index (Phi) is 8.16. The van der Waals surface area contributed by atoms with Gasteiger partial charge in [0, 0.05) is 29.6 Å². The van der Waals surface area contributed by atoms with E-state index in [2.05, 4.69) is 15.6 Å². The van der Waals surface area contributed by atoms with Gasteiger partial charge in [0.1, 0.15) is 11.4 Å². The van der Waals surface area contributed by atoms with E-state index in [1.807, 2.05) is 58.9 Å². The summed E-state index contributed by atoms with van der Waals surface area (Å²) >= 11 is 6.16. The molecule has 1 saturated carbocycles. The number of aromatic hydroxyl groups is 1. The number of phenols is 1. The smallest absolute Gasteiger partial charge is 0.407 e. The number of carbonyl (C=O) groups is 2. The van der Waals surface area contributed by atoms with Gasteiger partial charge in [0.2, 0.25) is 0 Å². The summed E-state index contributed by atoms with van der Waals surface area (Å²) in [4.78, 5) is 30.0. The van der Waals surface area contributed by atoms with E-state index < -0.39 is 5.60 Å². The van der Waals surface area contributed by atoms with E-state index in [0.717, 1.165) is 53.4 Å². The number of hydrogen-bond donors (Lipinski definition) is 3. The molecule has 0 unspecified atom stereocenters. The van der Waals surface area contributed by atoms with Crippen molar-refractivity contribution < 1.29 is 19.4 Å². The van der Waals surface area contributed by atoms with Gasteiger partial charge in [0.05, 0.1) is 21.8 Å². The summed E-state index contributed by atoms with van der Waals surface area (Å²) in [5.41, 5.74) is 3.36. The molecule has 1 aliphatic rings. The average molecular weight is 538 g/mol. The van der Waals surface area contributed by atoms with Crippen LogP contribution in [0, 0.1) is 5.92 Å². The van der Waals surface area contributed by atoms with Gasteiger partial charge in [-0.3, -0.25) is 9.78 Å². The van der Waals surface area contributed by atoms with E-state index in [4.69, 9.17) is 16.3 Å². The lowest BCUT2D eigenvalue weighted by molar-refractivity contribution is 0.0492. The molecular weight excluding hydrogens is 502 g/mol. The quantitative estimate of drug-likeness (QED) is 0.284. The van der Waals surface area contributed by atoms with Crippen molar-refractivity contribution in [2.45, 2.75) is 78.0 Å². The van der Waals surface area contributed by atoms with Gasteiger partial charge in [-0.15, -0.1) is 0 Å². The van der Waals surface area contributed by atoms with Crippen LogP contribution < -0.4 is 10.6 Å². The van der Waals surface area contributed by atoms with Crippen LogP contribution in [0.4, 0.5) is 10.5 Å². The molecule has 0 atom stereocenters. The third-order valence-electron chi connectivity index (χ3n) is 6.74. The number of fused-ring (bicyclic) bond motifs is 1. The highest BCUT2D eigenvalue weighted by Crippen LogP contribution is 2.35. The number of benzene rings is 2. The van der Waals surface area contributed by atoms with Gasteiger partial charge < -0.3 is 20.5 Å². The van der Waals surface area contributed by atoms with E-state index in [-0.39, 0.29) is 40.7 Å². The lowest BCUT2D eigenvalue weighted by Gasteiger charge is -2.31. The second-order valence-electron chi connectivity index (χ2n) is 11.3. The first-order chi connectivity index (χ1) is 17.9. The number of hydrogen-bond acceptors (Lipinski definition) is 6. The Morgan fingerprint density at radius 3 is 2.29 bits per heavy atom. The van der Waals surface area contributed by atoms with Crippen molar-refractivity contribution in [1.29, 1.82) is 0 Å². The average Bonchev–Trinajstić information content (AvgIpc) is 2.85. The maximum atomic E-state index is 13.2. The van der Waals surface area contributed by atoms with Crippen LogP contribution in [0.15, 0.2) is 42.6 Å². The molecule has 1 aromatic heterocycles. The summed E-state index contributed by atoms with van der Waals surface area (Å²) in [7, 11) is 0. The van der Waals surface area contributed by atoms with Gasteiger partial charge >= 0.3 is 6.09 Å². The summed E-state index contributed by atoms with van der Waals surface area (Å²) < 4.78 is 5.40. The molecule has 0 saturated heterocycles. The molecule has 38 heavy (non-hydrogen) atoms. The van der Waals surface area contributed by atoms with Crippen LogP contribution in [0.1, 0.15) is 70.7 Å². The van der Waals surface area contributed by atoms with Crippen molar-refractivity contribution >= 4 is 40.1 Å². The molecular formula is C30H36ClN3O4. The zero-order chi connectivity index (χ0) is 27.6. The number of amides is 1. The van der Waals surface area contributed by atoms with E-state index in [9.17, 15) is 14.7 Å². The molecule has 4 rings (SSSR count). The number of pyridine rings is 1. The maximum Gasteiger partial charge on any atom is 0.407 e. The Morgan fingerprint density at radius 1 is 1.03 bits per heavy atom. The summed E-state index contributed by atoms with van der Waals surface area (Å²) in [5, 5.41) is 17.6. The molecule has 0 radical (unpaired) electrons. The second kappa shape index (κ2) is 11.2. The molecule has 1 aliphatic carbocycles. The van der Waals surface area contributed by atoms with E-state index >= 15 is 0 Å². The van der Waals surface area contributed by atoms with Crippen LogP contribution in [0.2, 0.25) is 5.02 Å². The molecule has 3 N–H and O–H groups in total. The summed E-state index contributed by atoms with van der Waals surface area (Å²) in [6.45, 7) is 9.33. The fraction of sp³-hybridized carbons (Fsp3) is 0.433. The zero-order valence-corrected chi connectivity index (χ0v) is 23.4. The van der Waals surface area contributed by atoms with Gasteiger partial charge in [0.25, 0.3) is 0 Å². The molecule has 202 valence electrons. The molecule has 1 fully saturated rings. The standard InChI is InChI=1S/C30H36ClN3O4/c1-17(2)28(36)23-16-32-25-12-6-18(19-7-13-26(35)24(31)15-19)14-22(25)27(23)33-20-8-10-21(11-9-20)34-29(37)38-30(3,4)5/h6-7,12-17,20-21,35H,8-11H2,1-5H3,(H,32,33)(H,34,37). The van der Waals surface area contributed by atoms with Gasteiger partial charge in [-0.05, 0) is 81.8 Å². The predicted octanol–water partition coefficient (Wildman–Crippen LogP) is 7.35. The molecule has 7 nitrogen and oxygen atoms in total. The van der Waals surface area contributed by atoms with E-state index in [0.29, 0.717) is 5.56 Å². The zero-order valence-electron chi connectivity index (χ0n) is 22.6. The maximum absolute atomic E-state index is 13.2. The Labute approximate surface area is 228 Å². The van der Waals surface area contributed by atoms with Crippen LogP contribution in [0.3, 0.4) is 0 Å². The van der Waals surface area contributed by atoms with Gasteiger partial charge in [-0.2, -0.15) is 0 Å². The number of ketones is 1. The number of Topliss-reactive ketones (excluding diaryl/α,β-unsaturated/α-hetero) is 1. The molecule has 3 aromatic rings. The summed E-state index contributed by atoms with van der Waals surface area (Å²) in [6, 6.07) is 11.2. The van der Waals surface area contributed by atoms with Crippen molar-refractivity contribution in [2.75, 3.05) is 5.32 Å². The predicted molar refractivity (Wildman–Crippen MR) is 152 cm³/mol.